The molecule has 0 aliphatic carbocycles. The third kappa shape index (κ3) is 2.38. The van der Waals surface area contributed by atoms with Gasteiger partial charge in [-0.05, 0) is 42.5 Å². The molecule has 14 heavy (non-hydrogen) atoms. The van der Waals surface area contributed by atoms with Crippen LogP contribution in [0.2, 0.25) is 0 Å². The Morgan fingerprint density at radius 2 is 2.07 bits per heavy atom. The lowest BCUT2D eigenvalue weighted by molar-refractivity contribution is 1.14. The highest BCUT2D eigenvalue weighted by Gasteiger charge is 1.99. The van der Waals surface area contributed by atoms with E-state index < -0.39 is 0 Å². The molecule has 1 aromatic carbocycles. The first-order chi connectivity index (χ1) is 6.69. The average Bonchev–Trinajstić information content (AvgIpc) is 2.18. The van der Waals surface area contributed by atoms with Gasteiger partial charge in [0.25, 0.3) is 0 Å². The first kappa shape index (κ1) is 10.8. The first-order valence-electron chi connectivity index (χ1n) is 5.24. The van der Waals surface area contributed by atoms with Crippen molar-refractivity contribution in [3.63, 3.8) is 0 Å². The number of anilines is 1. The van der Waals surface area contributed by atoms with Crippen molar-refractivity contribution in [1.82, 2.24) is 0 Å². The Morgan fingerprint density at radius 1 is 1.36 bits per heavy atom. The van der Waals surface area contributed by atoms with Crippen LogP contribution in [-0.4, -0.2) is 0 Å². The van der Waals surface area contributed by atoms with Gasteiger partial charge in [0.1, 0.15) is 0 Å². The molecule has 0 amide bonds. The predicted octanol–water partition coefficient (Wildman–Crippen LogP) is 3.64. The smallest absolute Gasteiger partial charge is 0.0352 e. The van der Waals surface area contributed by atoms with Crippen LogP contribution in [-0.2, 0) is 6.42 Å². The maximum absolute atomic E-state index is 5.94. The van der Waals surface area contributed by atoms with E-state index in [4.69, 9.17) is 5.73 Å². The molecule has 1 aromatic rings. The minimum absolute atomic E-state index is 0.911. The van der Waals surface area contributed by atoms with Gasteiger partial charge in [-0.25, -0.2) is 0 Å². The van der Waals surface area contributed by atoms with Gasteiger partial charge in [-0.3, -0.25) is 0 Å². The fraction of sp³-hybridized carbons (Fsp3) is 0.385. The Morgan fingerprint density at radius 3 is 2.57 bits per heavy atom. The summed E-state index contributed by atoms with van der Waals surface area (Å²) in [7, 11) is 0. The van der Waals surface area contributed by atoms with Gasteiger partial charge in [-0.1, -0.05) is 32.1 Å². The summed E-state index contributed by atoms with van der Waals surface area (Å²) in [5.74, 6) is 0. The lowest BCUT2D eigenvalue weighted by Gasteiger charge is -2.06. The topological polar surface area (TPSA) is 26.0 Å². The van der Waals surface area contributed by atoms with Crippen molar-refractivity contribution in [3.05, 3.63) is 35.4 Å². The average molecular weight is 189 g/mol. The Hall–Kier alpha value is -1.24. The monoisotopic (exact) mass is 189 g/mol. The van der Waals surface area contributed by atoms with E-state index in [1.54, 1.807) is 0 Å². The second-order valence-electron chi connectivity index (χ2n) is 3.56. The molecule has 0 aliphatic rings. The molecule has 0 fully saturated rings. The summed E-state index contributed by atoms with van der Waals surface area (Å²) in [6, 6.07) is 6.34. The van der Waals surface area contributed by atoms with Gasteiger partial charge in [-0.15, -0.1) is 0 Å². The number of hydrogen-bond donors (Lipinski definition) is 1. The second-order valence-corrected chi connectivity index (χ2v) is 3.56. The lowest BCUT2D eigenvalue weighted by atomic mass is 10.0. The molecule has 0 radical (unpaired) electrons. The van der Waals surface area contributed by atoms with Gasteiger partial charge in [-0.2, -0.15) is 0 Å². The molecule has 0 aliphatic heterocycles. The molecule has 0 atom stereocenters. The number of nitrogen functional groups attached to an aromatic ring is 1. The molecule has 0 aromatic heterocycles. The predicted molar refractivity (Wildman–Crippen MR) is 64.2 cm³/mol. The molecule has 1 rings (SSSR count). The first-order valence-corrected chi connectivity index (χ1v) is 5.24. The summed E-state index contributed by atoms with van der Waals surface area (Å²) in [5.41, 5.74) is 10.6. The molecule has 2 N–H and O–H groups in total. The number of benzene rings is 1. The molecular weight excluding hydrogens is 170 g/mol. The third-order valence-corrected chi connectivity index (χ3v) is 2.49. The fourth-order valence-corrected chi connectivity index (χ4v) is 1.59. The van der Waals surface area contributed by atoms with Crippen LogP contribution in [0.5, 0.6) is 0 Å². The van der Waals surface area contributed by atoms with Crippen LogP contribution in [0.3, 0.4) is 0 Å². The van der Waals surface area contributed by atoms with E-state index in [9.17, 15) is 0 Å². The molecule has 0 saturated carbocycles. The van der Waals surface area contributed by atoms with E-state index in [0.717, 1.165) is 18.5 Å². The van der Waals surface area contributed by atoms with Crippen LogP contribution >= 0.6 is 0 Å². The van der Waals surface area contributed by atoms with Crippen LogP contribution in [0.15, 0.2) is 24.3 Å². The van der Waals surface area contributed by atoms with E-state index >= 15 is 0 Å². The Kier molecular flexibility index (Phi) is 3.75. The summed E-state index contributed by atoms with van der Waals surface area (Å²) in [4.78, 5) is 0. The third-order valence-electron chi connectivity index (χ3n) is 2.49. The van der Waals surface area contributed by atoms with E-state index in [2.05, 4.69) is 45.0 Å². The minimum atomic E-state index is 0.911. The SMILES string of the molecule is CC/C=C(/C)c1ccc(CC)c(N)c1. The molecule has 0 heterocycles. The maximum atomic E-state index is 5.94. The molecule has 76 valence electrons. The van der Waals surface area contributed by atoms with Crippen molar-refractivity contribution in [2.45, 2.75) is 33.6 Å². The van der Waals surface area contributed by atoms with Gasteiger partial charge in [0.05, 0.1) is 0 Å². The normalized spacial score (nSPS) is 11.8. The van der Waals surface area contributed by atoms with Crippen LogP contribution in [0.4, 0.5) is 5.69 Å². The summed E-state index contributed by atoms with van der Waals surface area (Å²) in [5, 5.41) is 0. The van der Waals surface area contributed by atoms with Crippen LogP contribution in [0.25, 0.3) is 5.57 Å². The van der Waals surface area contributed by atoms with Crippen molar-refractivity contribution in [1.29, 1.82) is 0 Å². The minimum Gasteiger partial charge on any atom is -0.398 e. The van der Waals surface area contributed by atoms with E-state index in [1.807, 2.05) is 0 Å². The molecule has 1 nitrogen and oxygen atoms in total. The van der Waals surface area contributed by atoms with E-state index in [1.165, 1.54) is 16.7 Å². The highest BCUT2D eigenvalue weighted by atomic mass is 14.6. The zero-order chi connectivity index (χ0) is 10.6. The van der Waals surface area contributed by atoms with Crippen molar-refractivity contribution >= 4 is 11.3 Å². The molecule has 0 spiro atoms. The number of aryl methyl sites for hydroxylation is 1. The molecular formula is C13H19N. The second kappa shape index (κ2) is 4.85. The molecule has 0 unspecified atom stereocenters. The Bertz CT molecular complexity index is 337. The zero-order valence-corrected chi connectivity index (χ0v) is 9.30. The summed E-state index contributed by atoms with van der Waals surface area (Å²) >= 11 is 0. The van der Waals surface area contributed by atoms with Gasteiger partial charge in [0.2, 0.25) is 0 Å². The van der Waals surface area contributed by atoms with E-state index in [0.29, 0.717) is 0 Å². The van der Waals surface area contributed by atoms with Crippen molar-refractivity contribution in [3.8, 4) is 0 Å². The van der Waals surface area contributed by atoms with Gasteiger partial charge >= 0.3 is 0 Å². The molecule has 0 bridgehead atoms. The van der Waals surface area contributed by atoms with Crippen molar-refractivity contribution in [2.24, 2.45) is 0 Å². The standard InChI is InChI=1S/C13H19N/c1-4-6-10(3)12-8-7-11(5-2)13(14)9-12/h6-9H,4-5,14H2,1-3H3/b10-6-. The van der Waals surface area contributed by atoms with Crippen molar-refractivity contribution in [2.75, 3.05) is 5.73 Å². The van der Waals surface area contributed by atoms with Gasteiger partial charge < -0.3 is 5.73 Å². The largest absolute Gasteiger partial charge is 0.398 e. The number of allylic oxidation sites excluding steroid dienone is 2. The van der Waals surface area contributed by atoms with Crippen LogP contribution in [0, 0.1) is 0 Å². The van der Waals surface area contributed by atoms with Crippen LogP contribution in [0.1, 0.15) is 38.3 Å². The zero-order valence-electron chi connectivity index (χ0n) is 9.30. The Labute approximate surface area is 86.6 Å². The fourth-order valence-electron chi connectivity index (χ4n) is 1.59. The highest BCUT2D eigenvalue weighted by Crippen LogP contribution is 2.20. The summed E-state index contributed by atoms with van der Waals surface area (Å²) in [6.45, 7) is 6.40. The highest BCUT2D eigenvalue weighted by molar-refractivity contribution is 5.68. The van der Waals surface area contributed by atoms with Crippen LogP contribution < -0.4 is 5.73 Å². The summed E-state index contributed by atoms with van der Waals surface area (Å²) < 4.78 is 0. The van der Waals surface area contributed by atoms with Gasteiger partial charge in [0.15, 0.2) is 0 Å². The lowest BCUT2D eigenvalue weighted by Crippen LogP contribution is -1.94. The number of hydrogen-bond acceptors (Lipinski definition) is 1. The maximum Gasteiger partial charge on any atom is 0.0352 e. The molecule has 0 saturated heterocycles. The van der Waals surface area contributed by atoms with E-state index in [-0.39, 0.29) is 0 Å². The summed E-state index contributed by atoms with van der Waals surface area (Å²) in [6.07, 6.45) is 4.30. The quantitative estimate of drug-likeness (QED) is 0.722. The Balaban J connectivity index is 3.02. The van der Waals surface area contributed by atoms with Crippen molar-refractivity contribution < 1.29 is 0 Å². The number of rotatable bonds is 3. The van der Waals surface area contributed by atoms with Gasteiger partial charge in [0, 0.05) is 5.69 Å². The molecule has 1 heteroatoms. The number of nitrogens with two attached hydrogens (primary N) is 1.